The minimum absolute atomic E-state index is 0.934. The van der Waals surface area contributed by atoms with Crippen LogP contribution in [0.4, 0.5) is 11.4 Å². The van der Waals surface area contributed by atoms with Crippen LogP contribution in [-0.4, -0.2) is 11.4 Å². The first-order valence-corrected chi connectivity index (χ1v) is 30.9. The summed E-state index contributed by atoms with van der Waals surface area (Å²) in [6.07, 6.45) is 60.7. The Morgan fingerprint density at radius 2 is 0.500 bits per heavy atom. The highest BCUT2D eigenvalue weighted by Crippen LogP contribution is 2.22. The quantitative estimate of drug-likeness (QED) is 0.0359. The van der Waals surface area contributed by atoms with Gasteiger partial charge in [0.05, 0.1) is 22.8 Å². The fourth-order valence-corrected chi connectivity index (χ4v) is 9.65. The summed E-state index contributed by atoms with van der Waals surface area (Å²) in [6, 6.07) is 17.8. The lowest BCUT2D eigenvalue weighted by atomic mass is 10.0. The van der Waals surface area contributed by atoms with Gasteiger partial charge in [0.2, 0.25) is 0 Å². The van der Waals surface area contributed by atoms with Gasteiger partial charge in [0.1, 0.15) is 0 Å². The first kappa shape index (κ1) is 63.0. The zero-order chi connectivity index (χ0) is 49.9. The number of aliphatic imine (C=N–C) groups is 2. The minimum atomic E-state index is 0.934. The van der Waals surface area contributed by atoms with Crippen molar-refractivity contribution in [1.82, 2.24) is 0 Å². The van der Waals surface area contributed by atoms with Crippen molar-refractivity contribution in [2.75, 3.05) is 0 Å². The van der Waals surface area contributed by atoms with Gasteiger partial charge in [0.15, 0.2) is 0 Å². The average molecular weight is 958 g/mol. The Labute approximate surface area is 437 Å². The van der Waals surface area contributed by atoms with E-state index in [1.54, 1.807) is 0 Å². The first-order chi connectivity index (χ1) is 34.7. The van der Waals surface area contributed by atoms with Crippen LogP contribution in [0, 0.1) is 23.7 Å². The van der Waals surface area contributed by atoms with E-state index in [9.17, 15) is 0 Å². The van der Waals surface area contributed by atoms with E-state index in [-0.39, 0.29) is 0 Å². The van der Waals surface area contributed by atoms with E-state index in [4.69, 9.17) is 9.98 Å². The molecule has 2 rings (SSSR count). The van der Waals surface area contributed by atoms with Crippen molar-refractivity contribution in [3.63, 3.8) is 0 Å². The number of unbranched alkanes of at least 4 members (excludes halogenated alkanes) is 36. The van der Waals surface area contributed by atoms with Crippen molar-refractivity contribution in [3.05, 3.63) is 59.7 Å². The molecule has 2 heteroatoms. The van der Waals surface area contributed by atoms with Crippen LogP contribution in [0.2, 0.25) is 0 Å². The number of hydrogen-bond donors (Lipinski definition) is 0. The molecule has 0 saturated carbocycles. The summed E-state index contributed by atoms with van der Waals surface area (Å²) in [5.41, 5.74) is 7.06. The second-order valence-corrected chi connectivity index (χ2v) is 21.2. The lowest BCUT2D eigenvalue weighted by molar-refractivity contribution is 0.528. The summed E-state index contributed by atoms with van der Waals surface area (Å²) < 4.78 is 0. The average Bonchev–Trinajstić information content (AvgIpc) is 3.38. The monoisotopic (exact) mass is 957 g/mol. The standard InChI is InChI=1S/C68H112N2/c1-5-9-13-15-17-19-21-23-25-27-29-31-33-35-37-39-41-43-45-47-49-51-63-55-59-65(60-56-63)69-67(53-11-7-3)68(54-12-8-4)70-66-61-57-64(58-62-66)52-50-48-46-44-42-40-38-36-34-32-30-28-26-24-22-20-18-16-14-10-6-2/h55-62H,5-44,49-54H2,1-4H3. The van der Waals surface area contributed by atoms with Crippen LogP contribution in [0.15, 0.2) is 58.5 Å². The van der Waals surface area contributed by atoms with Crippen molar-refractivity contribution in [2.45, 2.75) is 323 Å². The number of hydrogen-bond acceptors (Lipinski definition) is 2. The SMILES string of the molecule is CCCCCCCCCCCCCCCCCCCC#CCCc1ccc(N=C(CCCC)C(CCCC)=Nc2ccc(CCC#CCCCCCCCCCCCCCCCCCCC)cc2)cc1. The highest BCUT2D eigenvalue weighted by atomic mass is 14.8. The van der Waals surface area contributed by atoms with Gasteiger partial charge < -0.3 is 0 Å². The third-order valence-corrected chi connectivity index (χ3v) is 14.4. The molecule has 70 heavy (non-hydrogen) atoms. The van der Waals surface area contributed by atoms with E-state index in [1.807, 2.05) is 0 Å². The molecular formula is C68H112N2. The van der Waals surface area contributed by atoms with Crippen molar-refractivity contribution in [3.8, 4) is 23.7 Å². The van der Waals surface area contributed by atoms with Crippen LogP contribution >= 0.6 is 0 Å². The van der Waals surface area contributed by atoms with Crippen molar-refractivity contribution in [2.24, 2.45) is 9.98 Å². The lowest BCUT2D eigenvalue weighted by Crippen LogP contribution is -2.14. The van der Waals surface area contributed by atoms with Gasteiger partial charge in [-0.2, -0.15) is 0 Å². The van der Waals surface area contributed by atoms with E-state index in [1.165, 1.54) is 229 Å². The molecule has 0 aliphatic heterocycles. The molecular weight excluding hydrogens is 845 g/mol. The van der Waals surface area contributed by atoms with E-state index in [2.05, 4.69) is 99.9 Å². The lowest BCUT2D eigenvalue weighted by Gasteiger charge is -2.11. The van der Waals surface area contributed by atoms with Crippen LogP contribution in [0.5, 0.6) is 0 Å². The molecule has 0 fully saturated rings. The molecule has 0 amide bonds. The van der Waals surface area contributed by atoms with Crippen LogP contribution in [0.25, 0.3) is 0 Å². The summed E-state index contributed by atoms with van der Waals surface area (Å²) in [5, 5.41) is 0. The molecule has 0 heterocycles. The summed E-state index contributed by atoms with van der Waals surface area (Å²) in [6.45, 7) is 9.14. The predicted molar refractivity (Wildman–Crippen MR) is 316 cm³/mol. The summed E-state index contributed by atoms with van der Waals surface area (Å²) in [7, 11) is 0. The molecule has 0 N–H and O–H groups in total. The number of benzene rings is 2. The number of aryl methyl sites for hydroxylation is 2. The van der Waals surface area contributed by atoms with E-state index >= 15 is 0 Å². The number of nitrogens with zero attached hydrogens (tertiary/aromatic N) is 2. The van der Waals surface area contributed by atoms with Gasteiger partial charge in [-0.25, -0.2) is 0 Å². The highest BCUT2D eigenvalue weighted by molar-refractivity contribution is 6.43. The molecule has 0 bridgehead atoms. The molecule has 0 aliphatic rings. The van der Waals surface area contributed by atoms with Gasteiger partial charge in [-0.05, 0) is 86.8 Å². The second kappa shape index (κ2) is 49.5. The van der Waals surface area contributed by atoms with Crippen LogP contribution in [0.1, 0.15) is 321 Å². The molecule has 0 radical (unpaired) electrons. The molecule has 0 atom stereocenters. The molecule has 0 aromatic heterocycles. The first-order valence-electron chi connectivity index (χ1n) is 30.9. The van der Waals surface area contributed by atoms with E-state index in [0.29, 0.717) is 0 Å². The van der Waals surface area contributed by atoms with Gasteiger partial charge >= 0.3 is 0 Å². The molecule has 2 aromatic rings. The predicted octanol–water partition coefficient (Wildman–Crippen LogP) is 22.9. The van der Waals surface area contributed by atoms with Gasteiger partial charge in [-0.3, -0.25) is 9.98 Å². The zero-order valence-corrected chi connectivity index (χ0v) is 47.0. The van der Waals surface area contributed by atoms with E-state index < -0.39 is 0 Å². The zero-order valence-electron chi connectivity index (χ0n) is 47.0. The Hall–Kier alpha value is -3.10. The summed E-state index contributed by atoms with van der Waals surface area (Å²) in [5.74, 6) is 13.8. The maximum Gasteiger partial charge on any atom is 0.0633 e. The Balaban J connectivity index is 1.64. The largest absolute Gasteiger partial charge is 0.252 e. The third-order valence-electron chi connectivity index (χ3n) is 14.4. The fraction of sp³-hybridized carbons (Fsp3) is 0.735. The van der Waals surface area contributed by atoms with Crippen LogP contribution in [-0.2, 0) is 12.8 Å². The summed E-state index contributed by atoms with van der Waals surface area (Å²) in [4.78, 5) is 10.5. The summed E-state index contributed by atoms with van der Waals surface area (Å²) >= 11 is 0. The fourth-order valence-electron chi connectivity index (χ4n) is 9.65. The molecule has 394 valence electrons. The Kier molecular flexibility index (Phi) is 44.5. The Morgan fingerprint density at radius 3 is 0.757 bits per heavy atom. The Morgan fingerprint density at radius 1 is 0.271 bits per heavy atom. The molecule has 2 aromatic carbocycles. The van der Waals surface area contributed by atoms with Crippen molar-refractivity contribution < 1.29 is 0 Å². The molecule has 2 nitrogen and oxygen atoms in total. The maximum absolute atomic E-state index is 5.25. The minimum Gasteiger partial charge on any atom is -0.252 e. The number of rotatable bonds is 47. The van der Waals surface area contributed by atoms with Gasteiger partial charge in [0, 0.05) is 25.7 Å². The molecule has 0 aliphatic carbocycles. The van der Waals surface area contributed by atoms with Gasteiger partial charge in [-0.1, -0.05) is 270 Å². The Bertz CT molecular complexity index is 1500. The molecule has 0 unspecified atom stereocenters. The topological polar surface area (TPSA) is 24.7 Å². The van der Waals surface area contributed by atoms with Gasteiger partial charge in [0.25, 0.3) is 0 Å². The van der Waals surface area contributed by atoms with Crippen molar-refractivity contribution in [1.29, 1.82) is 0 Å². The molecule has 0 saturated heterocycles. The second-order valence-electron chi connectivity index (χ2n) is 21.2. The maximum atomic E-state index is 5.25. The smallest absolute Gasteiger partial charge is 0.0633 e. The normalized spacial score (nSPS) is 11.7. The van der Waals surface area contributed by atoms with Gasteiger partial charge in [-0.15, -0.1) is 23.7 Å². The van der Waals surface area contributed by atoms with Crippen molar-refractivity contribution >= 4 is 22.8 Å². The molecule has 0 spiro atoms. The van der Waals surface area contributed by atoms with Crippen LogP contribution < -0.4 is 0 Å². The van der Waals surface area contributed by atoms with E-state index in [0.717, 1.165) is 99.8 Å². The highest BCUT2D eigenvalue weighted by Gasteiger charge is 2.11. The third kappa shape index (κ3) is 38.6. The van der Waals surface area contributed by atoms with Crippen LogP contribution in [0.3, 0.4) is 0 Å².